The lowest BCUT2D eigenvalue weighted by molar-refractivity contribution is 0.301. The molecule has 0 aliphatic heterocycles. The fourth-order valence-corrected chi connectivity index (χ4v) is 2.17. The van der Waals surface area contributed by atoms with Crippen molar-refractivity contribution in [2.24, 2.45) is 0 Å². The smallest absolute Gasteiger partial charge is 0.142 e. The fourth-order valence-electron chi connectivity index (χ4n) is 1.77. The summed E-state index contributed by atoms with van der Waals surface area (Å²) in [5, 5.41) is 9.56. The van der Waals surface area contributed by atoms with Crippen LogP contribution in [0.4, 0.5) is 4.39 Å². The second-order valence-electron chi connectivity index (χ2n) is 4.23. The van der Waals surface area contributed by atoms with Gasteiger partial charge < -0.3 is 4.74 Å². The Kier molecular flexibility index (Phi) is 4.70. The first-order chi connectivity index (χ1) is 9.63. The van der Waals surface area contributed by atoms with E-state index in [0.717, 1.165) is 11.4 Å². The van der Waals surface area contributed by atoms with Crippen molar-refractivity contribution in [1.82, 2.24) is 4.98 Å². The number of halogens is 2. The molecule has 102 valence electrons. The van der Waals surface area contributed by atoms with Crippen molar-refractivity contribution in [3.8, 4) is 11.8 Å². The molecule has 0 fully saturated rings. The van der Waals surface area contributed by atoms with Crippen molar-refractivity contribution in [2.45, 2.75) is 18.9 Å². The summed E-state index contributed by atoms with van der Waals surface area (Å²) < 4.78 is 18.9. The Labute approximate surface area is 125 Å². The zero-order chi connectivity index (χ0) is 14.5. The Balaban J connectivity index is 2.21. The summed E-state index contributed by atoms with van der Waals surface area (Å²) in [7, 11) is 0. The van der Waals surface area contributed by atoms with Crippen molar-refractivity contribution >= 4 is 15.9 Å². The van der Waals surface area contributed by atoms with Gasteiger partial charge in [-0.05, 0) is 37.3 Å². The Morgan fingerprint density at radius 2 is 2.15 bits per heavy atom. The molecule has 2 aromatic rings. The molecule has 1 aromatic heterocycles. The summed E-state index contributed by atoms with van der Waals surface area (Å²) in [6, 6.07) is 9.72. The van der Waals surface area contributed by atoms with Gasteiger partial charge in [0.05, 0.1) is 17.3 Å². The normalized spacial score (nSPS) is 10.1. The molecule has 2 rings (SSSR count). The summed E-state index contributed by atoms with van der Waals surface area (Å²) in [6.07, 6.45) is 0. The van der Waals surface area contributed by atoms with Crippen molar-refractivity contribution in [3.63, 3.8) is 0 Å². The molecular formula is C15H12BrFN2O. The molecule has 0 saturated carbocycles. The third-order valence-electron chi connectivity index (χ3n) is 2.77. The standard InChI is InChI=1S/C15H12BrFN2O/c1-10-2-5-15(14(7-16)19-10)20-9-12-6-13(17)4-3-11(12)8-18/h2-6H,7,9H2,1H3. The highest BCUT2D eigenvalue weighted by Crippen LogP contribution is 2.21. The van der Waals surface area contributed by atoms with Crippen LogP contribution in [-0.4, -0.2) is 4.98 Å². The van der Waals surface area contributed by atoms with Gasteiger partial charge in [-0.1, -0.05) is 15.9 Å². The van der Waals surface area contributed by atoms with Crippen LogP contribution in [0.1, 0.15) is 22.5 Å². The lowest BCUT2D eigenvalue weighted by Gasteiger charge is -2.11. The maximum atomic E-state index is 13.2. The van der Waals surface area contributed by atoms with E-state index in [-0.39, 0.29) is 12.4 Å². The van der Waals surface area contributed by atoms with Crippen molar-refractivity contribution < 1.29 is 9.13 Å². The summed E-state index contributed by atoms with van der Waals surface area (Å²) in [4.78, 5) is 4.35. The van der Waals surface area contributed by atoms with E-state index in [0.29, 0.717) is 22.2 Å². The maximum Gasteiger partial charge on any atom is 0.142 e. The molecule has 3 nitrogen and oxygen atoms in total. The highest BCUT2D eigenvalue weighted by molar-refractivity contribution is 9.08. The fraction of sp³-hybridized carbons (Fsp3) is 0.200. The van der Waals surface area contributed by atoms with E-state index in [4.69, 9.17) is 10.00 Å². The van der Waals surface area contributed by atoms with Gasteiger partial charge in [0, 0.05) is 16.6 Å². The lowest BCUT2D eigenvalue weighted by Crippen LogP contribution is -2.02. The highest BCUT2D eigenvalue weighted by atomic mass is 79.9. The first-order valence-electron chi connectivity index (χ1n) is 5.98. The van der Waals surface area contributed by atoms with Crippen LogP contribution in [0.2, 0.25) is 0 Å². The maximum absolute atomic E-state index is 13.2. The first-order valence-corrected chi connectivity index (χ1v) is 7.10. The molecule has 0 saturated heterocycles. The molecule has 0 N–H and O–H groups in total. The van der Waals surface area contributed by atoms with Crippen molar-refractivity contribution in [1.29, 1.82) is 5.26 Å². The average Bonchev–Trinajstić information content (AvgIpc) is 2.46. The third kappa shape index (κ3) is 3.34. The van der Waals surface area contributed by atoms with Crippen LogP contribution in [0.25, 0.3) is 0 Å². The predicted molar refractivity (Wildman–Crippen MR) is 77.1 cm³/mol. The van der Waals surface area contributed by atoms with Gasteiger partial charge in [-0.25, -0.2) is 4.39 Å². The van der Waals surface area contributed by atoms with Gasteiger partial charge in [0.1, 0.15) is 18.2 Å². The summed E-state index contributed by atoms with van der Waals surface area (Å²) in [5.41, 5.74) is 2.61. The molecule has 1 heterocycles. The molecule has 0 spiro atoms. The van der Waals surface area contributed by atoms with Crippen LogP contribution in [0.5, 0.6) is 5.75 Å². The molecule has 0 atom stereocenters. The van der Waals surface area contributed by atoms with Gasteiger partial charge >= 0.3 is 0 Å². The number of nitrogens with zero attached hydrogens (tertiary/aromatic N) is 2. The molecule has 0 unspecified atom stereocenters. The number of pyridine rings is 1. The van der Waals surface area contributed by atoms with Gasteiger partial charge in [0.15, 0.2) is 0 Å². The number of nitriles is 1. The van der Waals surface area contributed by atoms with Crippen LogP contribution in [0.15, 0.2) is 30.3 Å². The van der Waals surface area contributed by atoms with E-state index in [9.17, 15) is 4.39 Å². The zero-order valence-corrected chi connectivity index (χ0v) is 12.4. The number of aryl methyl sites for hydroxylation is 1. The topological polar surface area (TPSA) is 45.9 Å². The zero-order valence-electron chi connectivity index (χ0n) is 10.9. The highest BCUT2D eigenvalue weighted by Gasteiger charge is 2.08. The number of alkyl halides is 1. The minimum Gasteiger partial charge on any atom is -0.487 e. The van der Waals surface area contributed by atoms with Gasteiger partial charge in [-0.2, -0.15) is 5.26 Å². The molecule has 0 bridgehead atoms. The Hall–Kier alpha value is -1.93. The van der Waals surface area contributed by atoms with E-state index >= 15 is 0 Å². The van der Waals surface area contributed by atoms with Gasteiger partial charge in [0.2, 0.25) is 0 Å². The monoisotopic (exact) mass is 334 g/mol. The SMILES string of the molecule is Cc1ccc(OCc2cc(F)ccc2C#N)c(CBr)n1. The van der Waals surface area contributed by atoms with Crippen molar-refractivity contribution in [2.75, 3.05) is 0 Å². The van der Waals surface area contributed by atoms with Gasteiger partial charge in [0.25, 0.3) is 0 Å². The summed E-state index contributed by atoms with van der Waals surface area (Å²) in [5.74, 6) is 0.242. The van der Waals surface area contributed by atoms with E-state index in [2.05, 4.69) is 20.9 Å². The second kappa shape index (κ2) is 6.49. The Bertz CT molecular complexity index is 667. The van der Waals surface area contributed by atoms with Crippen LogP contribution < -0.4 is 4.74 Å². The quantitative estimate of drug-likeness (QED) is 0.797. The molecule has 1 aromatic carbocycles. The number of hydrogen-bond donors (Lipinski definition) is 0. The molecule has 0 amide bonds. The Morgan fingerprint density at radius 3 is 2.85 bits per heavy atom. The molecular weight excluding hydrogens is 323 g/mol. The summed E-state index contributed by atoms with van der Waals surface area (Å²) in [6.45, 7) is 2.03. The second-order valence-corrected chi connectivity index (χ2v) is 4.79. The predicted octanol–water partition coefficient (Wildman–Crippen LogP) is 3.87. The van der Waals surface area contributed by atoms with E-state index in [1.807, 2.05) is 25.1 Å². The summed E-state index contributed by atoms with van der Waals surface area (Å²) >= 11 is 3.35. The molecule has 0 aliphatic carbocycles. The van der Waals surface area contributed by atoms with E-state index < -0.39 is 0 Å². The molecule has 0 radical (unpaired) electrons. The largest absolute Gasteiger partial charge is 0.487 e. The van der Waals surface area contributed by atoms with Crippen molar-refractivity contribution in [3.05, 3.63) is 58.7 Å². The number of hydrogen-bond acceptors (Lipinski definition) is 3. The number of rotatable bonds is 4. The van der Waals surface area contributed by atoms with Gasteiger partial charge in [-0.3, -0.25) is 4.98 Å². The van der Waals surface area contributed by atoms with E-state index in [1.165, 1.54) is 18.2 Å². The third-order valence-corrected chi connectivity index (χ3v) is 3.30. The average molecular weight is 335 g/mol. The molecule has 5 heteroatoms. The minimum absolute atomic E-state index is 0.130. The Morgan fingerprint density at radius 1 is 1.35 bits per heavy atom. The molecule has 0 aliphatic rings. The van der Waals surface area contributed by atoms with Crippen LogP contribution in [0, 0.1) is 24.1 Å². The number of aromatic nitrogens is 1. The molecule has 20 heavy (non-hydrogen) atoms. The van der Waals surface area contributed by atoms with E-state index in [1.54, 1.807) is 0 Å². The first kappa shape index (κ1) is 14.5. The van der Waals surface area contributed by atoms with Crippen LogP contribution >= 0.6 is 15.9 Å². The number of benzene rings is 1. The van der Waals surface area contributed by atoms with Gasteiger partial charge in [-0.15, -0.1) is 0 Å². The van der Waals surface area contributed by atoms with Crippen LogP contribution in [-0.2, 0) is 11.9 Å². The number of ether oxygens (including phenoxy) is 1. The lowest BCUT2D eigenvalue weighted by atomic mass is 10.1. The minimum atomic E-state index is -0.384. The van der Waals surface area contributed by atoms with Crippen LogP contribution in [0.3, 0.4) is 0 Å².